The highest BCUT2D eigenvalue weighted by Gasteiger charge is 2.49. The van der Waals surface area contributed by atoms with Crippen LogP contribution in [0.5, 0.6) is 11.5 Å². The predicted octanol–water partition coefficient (Wildman–Crippen LogP) is 2.15. The van der Waals surface area contributed by atoms with Crippen LogP contribution in [-0.2, 0) is 25.3 Å². The van der Waals surface area contributed by atoms with E-state index in [0.717, 1.165) is 12.1 Å². The van der Waals surface area contributed by atoms with E-state index in [4.69, 9.17) is 4.55 Å². The van der Waals surface area contributed by atoms with Crippen LogP contribution in [0.3, 0.4) is 0 Å². The maximum atomic E-state index is 12.7. The molecule has 0 radical (unpaired) electrons. The zero-order valence-electron chi connectivity index (χ0n) is 14.6. The van der Waals surface area contributed by atoms with Gasteiger partial charge in [-0.1, -0.05) is 30.3 Å². The van der Waals surface area contributed by atoms with Crippen molar-refractivity contribution in [2.24, 2.45) is 0 Å². The van der Waals surface area contributed by atoms with Gasteiger partial charge in [0.05, 0.1) is 5.69 Å². The largest absolute Gasteiger partial charge is 0.508 e. The number of hydrogen-bond acceptors (Lipinski definition) is 7. The Bertz CT molecular complexity index is 1210. The third-order valence-corrected chi connectivity index (χ3v) is 6.01. The SMILES string of the molecule is O=S(=O)(O)Oc1ccc([C@@](c2ccc(O)cc2)(c2ccccn2)S(=O)(=O)O)cc1. The molecule has 11 heteroatoms. The molecular weight excluding hydrogens is 422 g/mol. The van der Waals surface area contributed by atoms with Crippen LogP contribution in [-0.4, -0.2) is 36.0 Å². The number of phenolic OH excluding ortho intramolecular Hbond substituents is 1. The van der Waals surface area contributed by atoms with E-state index in [1.165, 1.54) is 48.7 Å². The van der Waals surface area contributed by atoms with Crippen molar-refractivity contribution in [3.05, 3.63) is 89.7 Å². The molecule has 0 aliphatic rings. The van der Waals surface area contributed by atoms with E-state index < -0.39 is 25.3 Å². The Labute approximate surface area is 167 Å². The Kier molecular flexibility index (Phi) is 5.32. The van der Waals surface area contributed by atoms with Crippen LogP contribution in [0.4, 0.5) is 0 Å². The highest BCUT2D eigenvalue weighted by Crippen LogP contribution is 2.43. The summed E-state index contributed by atoms with van der Waals surface area (Å²) in [6.07, 6.45) is 1.35. The molecule has 0 fully saturated rings. The summed E-state index contributed by atoms with van der Waals surface area (Å²) in [6.45, 7) is 0. The van der Waals surface area contributed by atoms with Gasteiger partial charge in [-0.15, -0.1) is 0 Å². The molecule has 1 aromatic heterocycles. The van der Waals surface area contributed by atoms with Gasteiger partial charge >= 0.3 is 10.4 Å². The van der Waals surface area contributed by atoms with Gasteiger partial charge in [-0.3, -0.25) is 14.1 Å². The summed E-state index contributed by atoms with van der Waals surface area (Å²) in [6, 6.07) is 14.3. The number of nitrogens with zero attached hydrogens (tertiary/aromatic N) is 1. The number of hydrogen-bond donors (Lipinski definition) is 3. The fourth-order valence-corrected chi connectivity index (χ4v) is 4.63. The zero-order valence-corrected chi connectivity index (χ0v) is 16.2. The lowest BCUT2D eigenvalue weighted by Gasteiger charge is -2.31. The smallest absolute Gasteiger partial charge is 0.446 e. The standard InChI is InChI=1S/C18H15NO8S2/c20-15-8-4-13(5-9-15)18(28(21,22)23,17-3-1-2-12-19-17)14-6-10-16(11-7-14)27-29(24,25)26/h1-12,20H,(H,21,22,23)(H,24,25,26)/t18-/m0/s1. The number of aromatic nitrogens is 1. The van der Waals surface area contributed by atoms with Crippen molar-refractivity contribution in [2.45, 2.75) is 4.75 Å². The second-order valence-electron chi connectivity index (χ2n) is 5.95. The molecule has 152 valence electrons. The minimum Gasteiger partial charge on any atom is -0.508 e. The summed E-state index contributed by atoms with van der Waals surface area (Å²) in [5.74, 6) is -0.386. The van der Waals surface area contributed by atoms with E-state index in [1.807, 2.05) is 0 Å². The number of aromatic hydroxyl groups is 1. The van der Waals surface area contributed by atoms with Gasteiger partial charge in [0.2, 0.25) is 0 Å². The van der Waals surface area contributed by atoms with E-state index in [-0.39, 0.29) is 28.3 Å². The van der Waals surface area contributed by atoms with E-state index in [0.29, 0.717) is 0 Å². The van der Waals surface area contributed by atoms with Crippen molar-refractivity contribution in [2.75, 3.05) is 0 Å². The first-order chi connectivity index (χ1) is 13.5. The van der Waals surface area contributed by atoms with Crippen molar-refractivity contribution in [1.82, 2.24) is 4.98 Å². The van der Waals surface area contributed by atoms with Gasteiger partial charge in [-0.05, 0) is 47.5 Å². The average Bonchev–Trinajstić information content (AvgIpc) is 2.64. The molecule has 3 rings (SSSR count). The molecule has 0 bridgehead atoms. The summed E-state index contributed by atoms with van der Waals surface area (Å²) in [7, 11) is -9.67. The van der Waals surface area contributed by atoms with Crippen molar-refractivity contribution in [1.29, 1.82) is 0 Å². The molecule has 1 atom stereocenters. The molecule has 0 aliphatic heterocycles. The maximum absolute atomic E-state index is 12.7. The summed E-state index contributed by atoms with van der Waals surface area (Å²) in [5, 5.41) is 9.59. The Hall–Kier alpha value is -2.99. The summed E-state index contributed by atoms with van der Waals surface area (Å²) in [5.41, 5.74) is 0.0728. The molecule has 0 saturated carbocycles. The normalized spacial score (nSPS) is 14.1. The van der Waals surface area contributed by atoms with Gasteiger partial charge in [0, 0.05) is 6.20 Å². The first-order valence-corrected chi connectivity index (χ1v) is 10.8. The highest BCUT2D eigenvalue weighted by atomic mass is 32.3. The molecule has 3 aromatic rings. The summed E-state index contributed by atoms with van der Waals surface area (Å²) in [4.78, 5) is 4.11. The van der Waals surface area contributed by atoms with Crippen LogP contribution in [0.2, 0.25) is 0 Å². The second kappa shape index (κ2) is 7.44. The van der Waals surface area contributed by atoms with Crippen LogP contribution in [0.15, 0.2) is 72.9 Å². The van der Waals surface area contributed by atoms with E-state index in [9.17, 15) is 26.5 Å². The number of benzene rings is 2. The first-order valence-electron chi connectivity index (χ1n) is 7.99. The Morgan fingerprint density at radius 1 is 0.793 bits per heavy atom. The summed E-state index contributed by atoms with van der Waals surface area (Å²) >= 11 is 0. The minimum absolute atomic E-state index is 0.0204. The molecule has 0 unspecified atom stereocenters. The van der Waals surface area contributed by atoms with Crippen molar-refractivity contribution >= 4 is 20.5 Å². The number of rotatable bonds is 6. The molecule has 0 amide bonds. The lowest BCUT2D eigenvalue weighted by atomic mass is 9.86. The van der Waals surface area contributed by atoms with Gasteiger partial charge in [0.15, 0.2) is 4.75 Å². The highest BCUT2D eigenvalue weighted by molar-refractivity contribution is 7.87. The van der Waals surface area contributed by atoms with Crippen molar-refractivity contribution in [3.63, 3.8) is 0 Å². The molecule has 0 saturated heterocycles. The molecule has 2 aromatic carbocycles. The fraction of sp³-hybridized carbons (Fsp3) is 0.0556. The predicted molar refractivity (Wildman–Crippen MR) is 102 cm³/mol. The molecule has 0 aliphatic carbocycles. The number of pyridine rings is 1. The number of phenols is 1. The maximum Gasteiger partial charge on any atom is 0.446 e. The molecule has 9 nitrogen and oxygen atoms in total. The second-order valence-corrected chi connectivity index (χ2v) is 8.54. The van der Waals surface area contributed by atoms with Crippen LogP contribution >= 0.6 is 0 Å². The lowest BCUT2D eigenvalue weighted by molar-refractivity contribution is 0.386. The van der Waals surface area contributed by atoms with Gasteiger partial charge < -0.3 is 9.29 Å². The van der Waals surface area contributed by atoms with Crippen molar-refractivity contribution < 1.29 is 35.2 Å². The van der Waals surface area contributed by atoms with Crippen LogP contribution in [0, 0.1) is 0 Å². The molecule has 1 heterocycles. The van der Waals surface area contributed by atoms with Gasteiger partial charge in [0.1, 0.15) is 11.5 Å². The quantitative estimate of drug-likeness (QED) is 0.493. The van der Waals surface area contributed by atoms with Crippen molar-refractivity contribution in [3.8, 4) is 11.5 Å². The minimum atomic E-state index is -4.90. The summed E-state index contributed by atoms with van der Waals surface area (Å²) < 4.78 is 68.5. The Morgan fingerprint density at radius 2 is 1.34 bits per heavy atom. The molecule has 29 heavy (non-hydrogen) atoms. The fourth-order valence-electron chi connectivity index (χ4n) is 3.03. The van der Waals surface area contributed by atoms with E-state index >= 15 is 0 Å². The zero-order chi connectivity index (χ0) is 21.3. The first kappa shape index (κ1) is 20.7. The monoisotopic (exact) mass is 437 g/mol. The third kappa shape index (κ3) is 4.07. The van der Waals surface area contributed by atoms with Gasteiger partial charge in [-0.25, -0.2) is 0 Å². The van der Waals surface area contributed by atoms with Crippen LogP contribution in [0.1, 0.15) is 16.8 Å². The molecular formula is C18H15NO8S2. The van der Waals surface area contributed by atoms with Gasteiger partial charge in [0.25, 0.3) is 10.1 Å². The van der Waals surface area contributed by atoms with E-state index in [1.54, 1.807) is 12.1 Å². The van der Waals surface area contributed by atoms with Crippen LogP contribution < -0.4 is 4.18 Å². The Morgan fingerprint density at radius 3 is 1.79 bits per heavy atom. The molecule has 0 spiro atoms. The molecule has 3 N–H and O–H groups in total. The van der Waals surface area contributed by atoms with E-state index in [2.05, 4.69) is 9.17 Å². The Balaban J connectivity index is 2.32. The third-order valence-electron chi connectivity index (χ3n) is 4.15. The lowest BCUT2D eigenvalue weighted by Crippen LogP contribution is -2.39. The average molecular weight is 437 g/mol. The topological polar surface area (TPSA) is 151 Å². The van der Waals surface area contributed by atoms with Crippen LogP contribution in [0.25, 0.3) is 0 Å². The van der Waals surface area contributed by atoms with Gasteiger partial charge in [-0.2, -0.15) is 16.8 Å².